The van der Waals surface area contributed by atoms with E-state index < -0.39 is 5.54 Å². The fraction of sp³-hybridized carbons (Fsp3) is 0.421. The van der Waals surface area contributed by atoms with Crippen LogP contribution in [0, 0.1) is 0 Å². The van der Waals surface area contributed by atoms with Crippen molar-refractivity contribution in [2.75, 3.05) is 19.6 Å². The van der Waals surface area contributed by atoms with Crippen molar-refractivity contribution in [3.05, 3.63) is 58.3 Å². The van der Waals surface area contributed by atoms with E-state index in [0.717, 1.165) is 18.7 Å². The van der Waals surface area contributed by atoms with Crippen LogP contribution in [0.1, 0.15) is 36.2 Å². The predicted molar refractivity (Wildman–Crippen MR) is 98.9 cm³/mol. The molecule has 1 amide bonds. The third-order valence-electron chi connectivity index (χ3n) is 4.75. The van der Waals surface area contributed by atoms with Crippen molar-refractivity contribution >= 4 is 17.2 Å². The minimum Gasteiger partial charge on any atom is -0.352 e. The maximum Gasteiger partial charge on any atom is 0.244 e. The lowest BCUT2D eigenvalue weighted by Crippen LogP contribution is -2.50. The van der Waals surface area contributed by atoms with Crippen molar-refractivity contribution in [2.45, 2.75) is 31.3 Å². The highest BCUT2D eigenvalue weighted by molar-refractivity contribution is 7.10. The van der Waals surface area contributed by atoms with Gasteiger partial charge >= 0.3 is 0 Å². The number of likely N-dealkylation sites (tertiary alicyclic amines) is 1. The van der Waals surface area contributed by atoms with Gasteiger partial charge in [0.15, 0.2) is 0 Å². The summed E-state index contributed by atoms with van der Waals surface area (Å²) in [6, 6.07) is 14.0. The van der Waals surface area contributed by atoms with Crippen molar-refractivity contribution in [3.63, 3.8) is 0 Å². The lowest BCUT2D eigenvalue weighted by molar-refractivity contribution is -0.126. The van der Waals surface area contributed by atoms with Gasteiger partial charge in [-0.05, 0) is 49.9 Å². The van der Waals surface area contributed by atoms with Crippen molar-refractivity contribution < 1.29 is 4.79 Å². The molecule has 1 saturated heterocycles. The van der Waals surface area contributed by atoms with Gasteiger partial charge < -0.3 is 11.1 Å². The first-order valence-electron chi connectivity index (χ1n) is 8.49. The predicted octanol–water partition coefficient (Wildman–Crippen LogP) is 2.88. The van der Waals surface area contributed by atoms with E-state index in [1.165, 1.54) is 17.7 Å². The van der Waals surface area contributed by atoms with E-state index in [1.54, 1.807) is 18.3 Å². The smallest absolute Gasteiger partial charge is 0.244 e. The first-order chi connectivity index (χ1) is 11.6. The zero-order chi connectivity index (χ0) is 17.0. The number of nitrogens with two attached hydrogens (primary N) is 1. The summed E-state index contributed by atoms with van der Waals surface area (Å²) in [7, 11) is 0. The standard InChI is InChI=1S/C19H25N3OS/c1-19(20,15-8-3-2-4-9-15)18(23)21-14-16(17-10-7-13-24-17)22-11-5-6-12-22/h2-4,7-10,13,16H,5-6,11-12,14,20H2,1H3,(H,21,23). The van der Waals surface area contributed by atoms with Crippen LogP contribution in [0.4, 0.5) is 0 Å². The number of hydrogen-bond donors (Lipinski definition) is 2. The molecule has 0 bridgehead atoms. The fourth-order valence-corrected chi connectivity index (χ4v) is 4.09. The van der Waals surface area contributed by atoms with Gasteiger partial charge in [-0.15, -0.1) is 11.3 Å². The summed E-state index contributed by atoms with van der Waals surface area (Å²) < 4.78 is 0. The molecule has 0 radical (unpaired) electrons. The van der Waals surface area contributed by atoms with Crippen LogP contribution in [0.3, 0.4) is 0 Å². The van der Waals surface area contributed by atoms with Crippen molar-refractivity contribution in [1.82, 2.24) is 10.2 Å². The molecule has 0 saturated carbocycles. The number of amides is 1. The van der Waals surface area contributed by atoms with Crippen molar-refractivity contribution in [2.24, 2.45) is 5.73 Å². The van der Waals surface area contributed by atoms with Gasteiger partial charge in [0.05, 0.1) is 6.04 Å². The quantitative estimate of drug-likeness (QED) is 0.848. The Morgan fingerprint density at radius 3 is 2.58 bits per heavy atom. The molecule has 2 unspecified atom stereocenters. The average Bonchev–Trinajstić information content (AvgIpc) is 3.30. The molecule has 5 heteroatoms. The molecule has 128 valence electrons. The Morgan fingerprint density at radius 2 is 1.96 bits per heavy atom. The van der Waals surface area contributed by atoms with Gasteiger partial charge in [0.25, 0.3) is 0 Å². The molecule has 1 aromatic heterocycles. The van der Waals surface area contributed by atoms with E-state index in [4.69, 9.17) is 5.73 Å². The highest BCUT2D eigenvalue weighted by Crippen LogP contribution is 2.28. The minimum absolute atomic E-state index is 0.130. The molecule has 2 heterocycles. The third-order valence-corrected chi connectivity index (χ3v) is 5.73. The molecule has 4 nitrogen and oxygen atoms in total. The molecular formula is C19H25N3OS. The summed E-state index contributed by atoms with van der Waals surface area (Å²) in [6.07, 6.45) is 2.46. The molecule has 0 spiro atoms. The Hall–Kier alpha value is -1.69. The van der Waals surface area contributed by atoms with E-state index in [0.29, 0.717) is 6.54 Å². The molecule has 2 atom stereocenters. The van der Waals surface area contributed by atoms with Gasteiger partial charge in [-0.2, -0.15) is 0 Å². The SMILES string of the molecule is CC(N)(C(=O)NCC(c1cccs1)N1CCCC1)c1ccccc1. The fourth-order valence-electron chi connectivity index (χ4n) is 3.23. The largest absolute Gasteiger partial charge is 0.352 e. The number of rotatable bonds is 6. The van der Waals surface area contributed by atoms with Gasteiger partial charge in [-0.1, -0.05) is 36.4 Å². The van der Waals surface area contributed by atoms with Crippen LogP contribution in [0.15, 0.2) is 47.8 Å². The molecule has 1 aromatic carbocycles. The Balaban J connectivity index is 1.69. The van der Waals surface area contributed by atoms with E-state index in [9.17, 15) is 4.79 Å². The molecule has 3 rings (SSSR count). The van der Waals surface area contributed by atoms with Gasteiger partial charge in [0, 0.05) is 11.4 Å². The monoisotopic (exact) mass is 343 g/mol. The second kappa shape index (κ2) is 7.47. The Morgan fingerprint density at radius 1 is 1.25 bits per heavy atom. The molecule has 24 heavy (non-hydrogen) atoms. The number of nitrogens with zero attached hydrogens (tertiary/aromatic N) is 1. The summed E-state index contributed by atoms with van der Waals surface area (Å²) in [5.41, 5.74) is 6.13. The summed E-state index contributed by atoms with van der Waals surface area (Å²) in [5, 5.41) is 5.18. The number of carbonyl (C=O) groups is 1. The van der Waals surface area contributed by atoms with E-state index in [2.05, 4.69) is 27.7 Å². The Kier molecular flexibility index (Phi) is 5.33. The Bertz CT molecular complexity index is 649. The number of thiophene rings is 1. The van der Waals surface area contributed by atoms with Crippen molar-refractivity contribution in [1.29, 1.82) is 0 Å². The van der Waals surface area contributed by atoms with Crippen LogP contribution < -0.4 is 11.1 Å². The molecule has 3 N–H and O–H groups in total. The normalized spacial score (nSPS) is 18.9. The van der Waals surface area contributed by atoms with E-state index in [-0.39, 0.29) is 11.9 Å². The van der Waals surface area contributed by atoms with Crippen LogP contribution >= 0.6 is 11.3 Å². The van der Waals surface area contributed by atoms with E-state index >= 15 is 0 Å². The molecule has 0 aliphatic carbocycles. The second-order valence-electron chi connectivity index (χ2n) is 6.55. The van der Waals surface area contributed by atoms with Gasteiger partial charge in [0.1, 0.15) is 5.54 Å². The maximum atomic E-state index is 12.7. The lowest BCUT2D eigenvalue weighted by Gasteiger charge is -2.29. The van der Waals surface area contributed by atoms with Gasteiger partial charge in [0.2, 0.25) is 5.91 Å². The lowest BCUT2D eigenvalue weighted by atomic mass is 9.92. The average molecular weight is 343 g/mol. The summed E-state index contributed by atoms with van der Waals surface area (Å²) in [6.45, 7) is 4.56. The first-order valence-corrected chi connectivity index (χ1v) is 9.37. The van der Waals surface area contributed by atoms with Crippen LogP contribution in [0.2, 0.25) is 0 Å². The molecule has 1 aliphatic rings. The molecule has 1 aliphatic heterocycles. The first kappa shape index (κ1) is 17.1. The van der Waals surface area contributed by atoms with Crippen LogP contribution in [0.25, 0.3) is 0 Å². The topological polar surface area (TPSA) is 58.4 Å². The van der Waals surface area contributed by atoms with Gasteiger partial charge in [-0.3, -0.25) is 9.69 Å². The molecule has 1 fully saturated rings. The van der Waals surface area contributed by atoms with Crippen LogP contribution in [-0.2, 0) is 10.3 Å². The minimum atomic E-state index is -1.02. The highest BCUT2D eigenvalue weighted by atomic mass is 32.1. The van der Waals surface area contributed by atoms with Gasteiger partial charge in [-0.25, -0.2) is 0 Å². The van der Waals surface area contributed by atoms with E-state index in [1.807, 2.05) is 30.3 Å². The maximum absolute atomic E-state index is 12.7. The van der Waals surface area contributed by atoms with Crippen LogP contribution in [0.5, 0.6) is 0 Å². The molecule has 2 aromatic rings. The number of carbonyl (C=O) groups excluding carboxylic acids is 1. The third kappa shape index (κ3) is 3.69. The Labute approximate surface area is 147 Å². The number of nitrogens with one attached hydrogen (secondary N) is 1. The van der Waals surface area contributed by atoms with Crippen LogP contribution in [-0.4, -0.2) is 30.4 Å². The highest BCUT2D eigenvalue weighted by Gasteiger charge is 2.32. The number of benzene rings is 1. The summed E-state index contributed by atoms with van der Waals surface area (Å²) >= 11 is 1.75. The summed E-state index contributed by atoms with van der Waals surface area (Å²) in [4.78, 5) is 16.5. The summed E-state index contributed by atoms with van der Waals surface area (Å²) in [5.74, 6) is -0.130. The zero-order valence-corrected chi connectivity index (χ0v) is 14.9. The second-order valence-corrected chi connectivity index (χ2v) is 7.53. The molecular weight excluding hydrogens is 318 g/mol. The number of hydrogen-bond acceptors (Lipinski definition) is 4. The zero-order valence-electron chi connectivity index (χ0n) is 14.1. The van der Waals surface area contributed by atoms with Crippen molar-refractivity contribution in [3.8, 4) is 0 Å².